The third-order valence-electron chi connectivity index (χ3n) is 7.49. The molecule has 1 aliphatic carbocycles. The second-order valence-corrected chi connectivity index (χ2v) is 11.6. The van der Waals surface area contributed by atoms with E-state index in [4.69, 9.17) is 14.0 Å². The van der Waals surface area contributed by atoms with E-state index in [2.05, 4.69) is 21.6 Å². The molecule has 11 heteroatoms. The highest BCUT2D eigenvalue weighted by molar-refractivity contribution is 7.81. The highest BCUT2D eigenvalue weighted by atomic mass is 32.3. The van der Waals surface area contributed by atoms with Crippen LogP contribution >= 0.6 is 0 Å². The molecule has 2 aliphatic rings. The van der Waals surface area contributed by atoms with E-state index in [1.807, 2.05) is 64.1 Å². The third kappa shape index (κ3) is 5.66. The predicted molar refractivity (Wildman–Crippen MR) is 145 cm³/mol. The zero-order chi connectivity index (χ0) is 28.0. The first-order chi connectivity index (χ1) is 18.3. The summed E-state index contributed by atoms with van der Waals surface area (Å²) in [7, 11) is -6.12. The molecule has 0 saturated carbocycles. The molecular formula is C28H29BFNO7S. The summed E-state index contributed by atoms with van der Waals surface area (Å²) in [5.74, 6) is -0.362. The van der Waals surface area contributed by atoms with Crippen LogP contribution in [0.5, 0.6) is 5.75 Å². The van der Waals surface area contributed by atoms with Crippen molar-refractivity contribution >= 4 is 29.2 Å². The molecule has 1 N–H and O–H groups in total. The van der Waals surface area contributed by atoms with Gasteiger partial charge in [0.25, 0.3) is 0 Å². The molecule has 1 amide bonds. The topological polar surface area (TPSA) is 100 Å². The van der Waals surface area contributed by atoms with Crippen molar-refractivity contribution in [3.63, 3.8) is 0 Å². The molecule has 39 heavy (non-hydrogen) atoms. The zero-order valence-corrected chi connectivity index (χ0v) is 22.9. The van der Waals surface area contributed by atoms with Gasteiger partial charge in [0.1, 0.15) is 12.4 Å². The highest BCUT2D eigenvalue weighted by Gasteiger charge is 2.51. The highest BCUT2D eigenvalue weighted by Crippen LogP contribution is 2.44. The summed E-state index contributed by atoms with van der Waals surface area (Å²) >= 11 is 0. The molecule has 0 bridgehead atoms. The van der Waals surface area contributed by atoms with E-state index in [1.165, 1.54) is 12.1 Å². The molecule has 1 saturated heterocycles. The quantitative estimate of drug-likeness (QED) is 0.337. The summed E-state index contributed by atoms with van der Waals surface area (Å²) in [6, 6.07) is 20.4. The molecule has 1 fully saturated rings. The minimum absolute atomic E-state index is 0.0350. The Morgan fingerprint density at radius 1 is 0.949 bits per heavy atom. The van der Waals surface area contributed by atoms with Gasteiger partial charge in [0.05, 0.1) is 11.2 Å². The summed E-state index contributed by atoms with van der Waals surface area (Å²) in [5, 5.41) is 2.67. The van der Waals surface area contributed by atoms with Crippen LogP contribution in [0.2, 0.25) is 0 Å². The number of fused-ring (bicyclic) bond motifs is 3. The van der Waals surface area contributed by atoms with Crippen LogP contribution in [0.1, 0.15) is 50.3 Å². The van der Waals surface area contributed by atoms with E-state index >= 15 is 0 Å². The summed E-state index contributed by atoms with van der Waals surface area (Å²) in [6.07, 6.45) is -0.654. The Balaban J connectivity index is 1.29. The van der Waals surface area contributed by atoms with Gasteiger partial charge in [0.15, 0.2) is 0 Å². The van der Waals surface area contributed by atoms with Crippen LogP contribution in [0, 0.1) is 0 Å². The largest absolute Gasteiger partial charge is 0.494 e. The van der Waals surface area contributed by atoms with Crippen molar-refractivity contribution in [2.24, 2.45) is 0 Å². The van der Waals surface area contributed by atoms with Gasteiger partial charge in [0, 0.05) is 12.5 Å². The summed E-state index contributed by atoms with van der Waals surface area (Å²) in [4.78, 5) is 12.7. The standard InChI is InChI=1S/C28H29BFNO7S/c1-27(2)28(3,4)38-29(37-27)19-13-18(14-20(15-19)36-39(30,33)34)16-31-26(32)35-17-25-23-11-7-5-9-21(23)22-10-6-8-12-24(22)25/h5-15,25H,16-17H2,1-4H3,(H,31,32). The van der Waals surface area contributed by atoms with Crippen LogP contribution in [-0.2, 0) is 31.1 Å². The number of ether oxygens (including phenoxy) is 1. The van der Waals surface area contributed by atoms with Crippen molar-refractivity contribution in [2.75, 3.05) is 6.61 Å². The molecule has 3 aromatic rings. The Hall–Kier alpha value is -3.41. The molecule has 0 aromatic heterocycles. The maximum absolute atomic E-state index is 13.3. The van der Waals surface area contributed by atoms with Gasteiger partial charge in [-0.15, -0.1) is 0 Å². The molecule has 0 atom stereocenters. The Labute approximate surface area is 228 Å². The fraction of sp³-hybridized carbons (Fsp3) is 0.321. The van der Waals surface area contributed by atoms with Gasteiger partial charge >= 0.3 is 23.7 Å². The van der Waals surface area contributed by atoms with E-state index in [0.717, 1.165) is 22.3 Å². The molecule has 204 valence electrons. The minimum atomic E-state index is -5.27. The van der Waals surface area contributed by atoms with Crippen molar-refractivity contribution in [1.82, 2.24) is 5.32 Å². The summed E-state index contributed by atoms with van der Waals surface area (Å²) in [5.41, 5.74) is 3.98. The molecule has 1 heterocycles. The maximum Gasteiger partial charge on any atom is 0.494 e. The van der Waals surface area contributed by atoms with E-state index in [9.17, 15) is 17.1 Å². The minimum Gasteiger partial charge on any atom is -0.449 e. The zero-order valence-electron chi connectivity index (χ0n) is 22.1. The normalized spacial score (nSPS) is 17.4. The molecule has 5 rings (SSSR count). The maximum atomic E-state index is 13.3. The van der Waals surface area contributed by atoms with Crippen LogP contribution in [-0.4, -0.2) is 39.4 Å². The lowest BCUT2D eigenvalue weighted by Crippen LogP contribution is -2.41. The predicted octanol–water partition coefficient (Wildman–Crippen LogP) is 4.62. The van der Waals surface area contributed by atoms with Crippen molar-refractivity contribution < 1.29 is 35.3 Å². The van der Waals surface area contributed by atoms with Crippen molar-refractivity contribution in [1.29, 1.82) is 0 Å². The third-order valence-corrected chi connectivity index (χ3v) is 7.88. The molecule has 8 nitrogen and oxygen atoms in total. The van der Waals surface area contributed by atoms with Gasteiger partial charge in [-0.2, -0.15) is 8.42 Å². The number of halogens is 1. The second kappa shape index (κ2) is 9.97. The van der Waals surface area contributed by atoms with Crippen LogP contribution < -0.4 is 15.0 Å². The monoisotopic (exact) mass is 553 g/mol. The van der Waals surface area contributed by atoms with E-state index in [1.54, 1.807) is 6.07 Å². The molecule has 0 radical (unpaired) electrons. The molecule has 1 aliphatic heterocycles. The number of carbonyl (C=O) groups excluding carboxylic acids is 1. The van der Waals surface area contributed by atoms with Crippen LogP contribution in [0.4, 0.5) is 8.68 Å². The van der Waals surface area contributed by atoms with Crippen LogP contribution in [0.25, 0.3) is 11.1 Å². The number of rotatable bonds is 7. The van der Waals surface area contributed by atoms with E-state index in [0.29, 0.717) is 11.0 Å². The molecule has 3 aromatic carbocycles. The van der Waals surface area contributed by atoms with Crippen molar-refractivity contribution in [3.8, 4) is 16.9 Å². The molecule has 0 spiro atoms. The van der Waals surface area contributed by atoms with Gasteiger partial charge in [-0.3, -0.25) is 0 Å². The van der Waals surface area contributed by atoms with Crippen LogP contribution in [0.15, 0.2) is 66.7 Å². The first-order valence-corrected chi connectivity index (χ1v) is 13.9. The van der Waals surface area contributed by atoms with Gasteiger partial charge in [-0.05, 0) is 73.1 Å². The fourth-order valence-corrected chi connectivity index (χ4v) is 5.22. The number of carbonyl (C=O) groups is 1. The molecule has 0 unspecified atom stereocenters. The number of amides is 1. The Kier molecular flexibility index (Phi) is 6.94. The van der Waals surface area contributed by atoms with Crippen LogP contribution in [0.3, 0.4) is 0 Å². The first-order valence-electron chi connectivity index (χ1n) is 12.6. The number of alkyl carbamates (subject to hydrolysis) is 1. The van der Waals surface area contributed by atoms with Crippen molar-refractivity contribution in [3.05, 3.63) is 83.4 Å². The van der Waals surface area contributed by atoms with E-state index < -0.39 is 34.9 Å². The molecular weight excluding hydrogens is 524 g/mol. The second-order valence-electron chi connectivity index (χ2n) is 10.7. The number of nitrogens with one attached hydrogen (secondary N) is 1. The van der Waals surface area contributed by atoms with E-state index in [-0.39, 0.29) is 24.8 Å². The van der Waals surface area contributed by atoms with Gasteiger partial charge < -0.3 is 23.5 Å². The van der Waals surface area contributed by atoms with Gasteiger partial charge in [0.2, 0.25) is 0 Å². The Morgan fingerprint density at radius 2 is 1.51 bits per heavy atom. The number of benzene rings is 3. The Morgan fingerprint density at radius 3 is 2.08 bits per heavy atom. The lowest BCUT2D eigenvalue weighted by molar-refractivity contribution is 0.00578. The van der Waals surface area contributed by atoms with Gasteiger partial charge in [-0.1, -0.05) is 58.5 Å². The lowest BCUT2D eigenvalue weighted by atomic mass is 9.78. The van der Waals surface area contributed by atoms with Gasteiger partial charge in [-0.25, -0.2) is 4.79 Å². The summed E-state index contributed by atoms with van der Waals surface area (Å²) < 4.78 is 57.8. The number of hydrogen-bond acceptors (Lipinski definition) is 7. The van der Waals surface area contributed by atoms with Crippen molar-refractivity contribution in [2.45, 2.75) is 51.4 Å². The average Bonchev–Trinajstić information content (AvgIpc) is 3.29. The smallest absolute Gasteiger partial charge is 0.449 e. The Bertz CT molecular complexity index is 1460. The average molecular weight is 553 g/mol. The lowest BCUT2D eigenvalue weighted by Gasteiger charge is -2.32. The summed E-state index contributed by atoms with van der Waals surface area (Å²) in [6.45, 7) is 7.60. The fourth-order valence-electron chi connectivity index (χ4n) is 4.89. The first kappa shape index (κ1) is 27.2. The number of hydrogen-bond donors (Lipinski definition) is 1. The SMILES string of the molecule is CC1(C)OB(c2cc(CNC(=O)OCC3c4ccccc4-c4ccccc43)cc(OS(=O)(=O)F)c2)OC1(C)C.